The number of rotatable bonds is 1. The Bertz CT molecular complexity index is 597. The van der Waals surface area contributed by atoms with Crippen LogP contribution < -0.4 is 5.32 Å². The minimum Gasteiger partial charge on any atom is -0.392 e. The molecule has 0 amide bonds. The van der Waals surface area contributed by atoms with Gasteiger partial charge in [-0.15, -0.1) is 0 Å². The van der Waals surface area contributed by atoms with E-state index in [4.69, 9.17) is 0 Å². The van der Waals surface area contributed by atoms with E-state index < -0.39 is 0 Å². The van der Waals surface area contributed by atoms with E-state index in [0.717, 1.165) is 23.3 Å². The molecule has 3 rings (SSSR count). The SMILES string of the molecule is CC(C)(C)c1ccc2[nH]c([C@@H]3C[C@H](O)CN3)nc2c1. The van der Waals surface area contributed by atoms with Gasteiger partial charge in [-0.3, -0.25) is 0 Å². The van der Waals surface area contributed by atoms with Crippen molar-refractivity contribution in [2.45, 2.75) is 44.8 Å². The molecular formula is C15H21N3O. The van der Waals surface area contributed by atoms with Gasteiger partial charge in [0.05, 0.1) is 23.2 Å². The van der Waals surface area contributed by atoms with E-state index in [9.17, 15) is 5.11 Å². The van der Waals surface area contributed by atoms with Crippen LogP contribution in [0.1, 0.15) is 44.6 Å². The molecule has 0 radical (unpaired) electrons. The molecule has 1 aliphatic heterocycles. The third-order valence-corrected chi connectivity index (χ3v) is 3.81. The lowest BCUT2D eigenvalue weighted by Crippen LogP contribution is -2.15. The molecule has 4 heteroatoms. The maximum Gasteiger partial charge on any atom is 0.124 e. The Morgan fingerprint density at radius 2 is 2.11 bits per heavy atom. The predicted octanol–water partition coefficient (Wildman–Crippen LogP) is 2.26. The lowest BCUT2D eigenvalue weighted by Gasteiger charge is -2.18. The fourth-order valence-corrected chi connectivity index (χ4v) is 2.58. The number of aromatic amines is 1. The summed E-state index contributed by atoms with van der Waals surface area (Å²) in [6, 6.07) is 6.54. The minimum absolute atomic E-state index is 0.134. The minimum atomic E-state index is -0.261. The number of H-pyrrole nitrogens is 1. The highest BCUT2D eigenvalue weighted by molar-refractivity contribution is 5.76. The van der Waals surface area contributed by atoms with Gasteiger partial charge in [-0.25, -0.2) is 4.98 Å². The van der Waals surface area contributed by atoms with Crippen molar-refractivity contribution in [3.63, 3.8) is 0 Å². The van der Waals surface area contributed by atoms with Gasteiger partial charge in [-0.1, -0.05) is 26.8 Å². The molecule has 0 unspecified atom stereocenters. The summed E-state index contributed by atoms with van der Waals surface area (Å²) in [7, 11) is 0. The number of aliphatic hydroxyl groups excluding tert-OH is 1. The van der Waals surface area contributed by atoms with Gasteiger partial charge in [0, 0.05) is 6.54 Å². The molecule has 4 nitrogen and oxygen atoms in total. The van der Waals surface area contributed by atoms with Crippen LogP contribution >= 0.6 is 0 Å². The van der Waals surface area contributed by atoms with Crippen LogP contribution in [0, 0.1) is 0 Å². The Morgan fingerprint density at radius 1 is 1.32 bits per heavy atom. The summed E-state index contributed by atoms with van der Waals surface area (Å²) in [4.78, 5) is 8.03. The number of nitrogens with one attached hydrogen (secondary N) is 2. The second kappa shape index (κ2) is 4.32. The average Bonchev–Trinajstić information content (AvgIpc) is 2.92. The molecule has 1 aromatic carbocycles. The third kappa shape index (κ3) is 2.38. The molecule has 2 heterocycles. The number of aromatic nitrogens is 2. The zero-order chi connectivity index (χ0) is 13.6. The van der Waals surface area contributed by atoms with Gasteiger partial charge in [-0.05, 0) is 29.5 Å². The number of nitrogens with zero attached hydrogens (tertiary/aromatic N) is 1. The highest BCUT2D eigenvalue weighted by Crippen LogP contribution is 2.27. The lowest BCUT2D eigenvalue weighted by molar-refractivity contribution is 0.193. The molecule has 2 aromatic rings. The van der Waals surface area contributed by atoms with Gasteiger partial charge >= 0.3 is 0 Å². The average molecular weight is 259 g/mol. The van der Waals surface area contributed by atoms with Crippen LogP contribution in [0.2, 0.25) is 0 Å². The zero-order valence-electron chi connectivity index (χ0n) is 11.7. The molecule has 19 heavy (non-hydrogen) atoms. The first-order valence-electron chi connectivity index (χ1n) is 6.85. The van der Waals surface area contributed by atoms with Crippen molar-refractivity contribution < 1.29 is 5.11 Å². The topological polar surface area (TPSA) is 60.9 Å². The van der Waals surface area contributed by atoms with Crippen LogP contribution in [-0.4, -0.2) is 27.7 Å². The Labute approximate surface area is 113 Å². The molecule has 0 aliphatic carbocycles. The highest BCUT2D eigenvalue weighted by atomic mass is 16.3. The fourth-order valence-electron chi connectivity index (χ4n) is 2.58. The van der Waals surface area contributed by atoms with Gasteiger partial charge in [0.1, 0.15) is 5.82 Å². The molecule has 0 spiro atoms. The maximum absolute atomic E-state index is 9.58. The first-order valence-corrected chi connectivity index (χ1v) is 6.85. The largest absolute Gasteiger partial charge is 0.392 e. The molecule has 102 valence electrons. The molecule has 3 N–H and O–H groups in total. The third-order valence-electron chi connectivity index (χ3n) is 3.81. The van der Waals surface area contributed by atoms with E-state index in [1.807, 2.05) is 0 Å². The Hall–Kier alpha value is -1.39. The summed E-state index contributed by atoms with van der Waals surface area (Å²) in [5.41, 5.74) is 3.49. The Balaban J connectivity index is 1.97. The monoisotopic (exact) mass is 259 g/mol. The maximum atomic E-state index is 9.58. The normalized spacial score (nSPS) is 24.2. The predicted molar refractivity (Wildman–Crippen MR) is 76.2 cm³/mol. The molecule has 1 fully saturated rings. The summed E-state index contributed by atoms with van der Waals surface area (Å²) in [6.07, 6.45) is 0.467. The first-order chi connectivity index (χ1) is 8.93. The summed E-state index contributed by atoms with van der Waals surface area (Å²) in [5, 5.41) is 12.9. The molecular weight excluding hydrogens is 238 g/mol. The first kappa shape index (κ1) is 12.6. The highest BCUT2D eigenvalue weighted by Gasteiger charge is 2.26. The number of imidazole rings is 1. The smallest absolute Gasteiger partial charge is 0.124 e. The number of fused-ring (bicyclic) bond motifs is 1. The van der Waals surface area contributed by atoms with E-state index in [1.54, 1.807) is 0 Å². The number of hydrogen-bond acceptors (Lipinski definition) is 3. The second-order valence-electron chi connectivity index (χ2n) is 6.45. The quantitative estimate of drug-likeness (QED) is 0.736. The standard InChI is InChI=1S/C15H21N3O/c1-15(2,3)9-4-5-11-12(6-9)18-14(17-11)13-7-10(19)8-16-13/h4-6,10,13,16,19H,7-8H2,1-3H3,(H,17,18)/t10-,13-/m0/s1. The molecule has 2 atom stereocenters. The van der Waals surface area contributed by atoms with Crippen LogP contribution in [0.4, 0.5) is 0 Å². The van der Waals surface area contributed by atoms with Crippen LogP contribution in [-0.2, 0) is 5.41 Å². The summed E-state index contributed by atoms with van der Waals surface area (Å²) in [6.45, 7) is 7.26. The van der Waals surface area contributed by atoms with Crippen molar-refractivity contribution in [2.75, 3.05) is 6.54 Å². The fraction of sp³-hybridized carbons (Fsp3) is 0.533. The summed E-state index contributed by atoms with van der Waals surface area (Å²) < 4.78 is 0. The van der Waals surface area contributed by atoms with Crippen LogP contribution in [0.5, 0.6) is 0 Å². The van der Waals surface area contributed by atoms with Crippen molar-refractivity contribution >= 4 is 11.0 Å². The molecule has 1 aliphatic rings. The van der Waals surface area contributed by atoms with E-state index in [0.29, 0.717) is 6.54 Å². The van der Waals surface area contributed by atoms with Crippen LogP contribution in [0.25, 0.3) is 11.0 Å². The zero-order valence-corrected chi connectivity index (χ0v) is 11.7. The van der Waals surface area contributed by atoms with Gasteiger partial charge in [0.2, 0.25) is 0 Å². The van der Waals surface area contributed by atoms with Gasteiger partial charge < -0.3 is 15.4 Å². The Kier molecular flexibility index (Phi) is 2.87. The second-order valence-corrected chi connectivity index (χ2v) is 6.45. The molecule has 0 bridgehead atoms. The number of hydrogen-bond donors (Lipinski definition) is 3. The van der Waals surface area contributed by atoms with Crippen LogP contribution in [0.3, 0.4) is 0 Å². The van der Waals surface area contributed by atoms with E-state index in [2.05, 4.69) is 54.3 Å². The van der Waals surface area contributed by atoms with Crippen LogP contribution in [0.15, 0.2) is 18.2 Å². The van der Waals surface area contributed by atoms with Crippen molar-refractivity contribution in [3.8, 4) is 0 Å². The number of β-amino-alcohol motifs (C(OH)–C–C–N with tert-alkyl or cyclic N) is 1. The molecule has 1 aromatic heterocycles. The van der Waals surface area contributed by atoms with E-state index >= 15 is 0 Å². The van der Waals surface area contributed by atoms with Crippen molar-refractivity contribution in [1.29, 1.82) is 0 Å². The van der Waals surface area contributed by atoms with Gasteiger partial charge in [0.15, 0.2) is 0 Å². The van der Waals surface area contributed by atoms with Gasteiger partial charge in [0.25, 0.3) is 0 Å². The Morgan fingerprint density at radius 3 is 2.74 bits per heavy atom. The molecule has 1 saturated heterocycles. The molecule has 0 saturated carbocycles. The summed E-state index contributed by atoms with van der Waals surface area (Å²) in [5.74, 6) is 0.928. The number of aliphatic hydroxyl groups is 1. The van der Waals surface area contributed by atoms with Crippen molar-refractivity contribution in [3.05, 3.63) is 29.6 Å². The summed E-state index contributed by atoms with van der Waals surface area (Å²) >= 11 is 0. The lowest BCUT2D eigenvalue weighted by atomic mass is 9.87. The van der Waals surface area contributed by atoms with E-state index in [-0.39, 0.29) is 17.6 Å². The van der Waals surface area contributed by atoms with Crippen molar-refractivity contribution in [2.24, 2.45) is 0 Å². The van der Waals surface area contributed by atoms with Gasteiger partial charge in [-0.2, -0.15) is 0 Å². The van der Waals surface area contributed by atoms with E-state index in [1.165, 1.54) is 5.56 Å². The van der Waals surface area contributed by atoms with Crippen molar-refractivity contribution in [1.82, 2.24) is 15.3 Å². The number of benzene rings is 1.